The third-order valence-corrected chi connectivity index (χ3v) is 4.54. The number of carbonyl (C=O) groups excluding carboxylic acids is 1. The van der Waals surface area contributed by atoms with Crippen LogP contribution in [-0.4, -0.2) is 23.9 Å². The number of halogens is 2. The molecule has 0 spiro atoms. The van der Waals surface area contributed by atoms with Crippen LogP contribution < -0.4 is 0 Å². The molecule has 1 saturated heterocycles. The predicted molar refractivity (Wildman–Crippen MR) is 81.2 cm³/mol. The van der Waals surface area contributed by atoms with Gasteiger partial charge in [-0.2, -0.15) is 0 Å². The summed E-state index contributed by atoms with van der Waals surface area (Å²) in [6, 6.07) is 5.87. The summed E-state index contributed by atoms with van der Waals surface area (Å²) in [4.78, 5) is 14.4. The highest BCUT2D eigenvalue weighted by atomic mass is 127. The van der Waals surface area contributed by atoms with E-state index in [0.717, 1.165) is 33.1 Å². The van der Waals surface area contributed by atoms with Crippen molar-refractivity contribution in [2.75, 3.05) is 13.1 Å². The molecular weight excluding hydrogens is 393 g/mol. The number of benzene rings is 1. The molecule has 1 unspecified atom stereocenters. The maximum atomic E-state index is 12.4. The Morgan fingerprint density at radius 2 is 2.29 bits per heavy atom. The molecule has 2 nitrogen and oxygen atoms in total. The van der Waals surface area contributed by atoms with Gasteiger partial charge in [-0.15, -0.1) is 0 Å². The quantitative estimate of drug-likeness (QED) is 0.646. The molecule has 0 N–H and O–H groups in total. The number of carbonyl (C=O) groups is 1. The Kier molecular flexibility index (Phi) is 4.47. The molecule has 4 heteroatoms. The summed E-state index contributed by atoms with van der Waals surface area (Å²) in [6.45, 7) is 4.00. The lowest BCUT2D eigenvalue weighted by Crippen LogP contribution is -2.39. The Labute approximate surface area is 124 Å². The van der Waals surface area contributed by atoms with Crippen molar-refractivity contribution < 1.29 is 4.79 Å². The number of rotatable bonds is 1. The van der Waals surface area contributed by atoms with Crippen LogP contribution in [0.1, 0.15) is 30.1 Å². The summed E-state index contributed by atoms with van der Waals surface area (Å²) in [5.41, 5.74) is 0.814. The van der Waals surface area contributed by atoms with Crippen LogP contribution in [0.4, 0.5) is 0 Å². The Bertz CT molecular complexity index is 435. The molecule has 0 saturated carbocycles. The molecular formula is C13H15BrINO. The molecule has 0 radical (unpaired) electrons. The second kappa shape index (κ2) is 5.69. The van der Waals surface area contributed by atoms with E-state index in [1.807, 2.05) is 23.1 Å². The predicted octanol–water partition coefficient (Wildman–Crippen LogP) is 3.93. The largest absolute Gasteiger partial charge is 0.338 e. The number of amides is 1. The van der Waals surface area contributed by atoms with Crippen LogP contribution in [0.25, 0.3) is 0 Å². The minimum Gasteiger partial charge on any atom is -0.338 e. The summed E-state index contributed by atoms with van der Waals surface area (Å²) in [5, 5.41) is 0. The molecule has 1 aromatic carbocycles. The minimum absolute atomic E-state index is 0.169. The fourth-order valence-corrected chi connectivity index (χ4v) is 3.13. The van der Waals surface area contributed by atoms with Crippen LogP contribution in [0.3, 0.4) is 0 Å². The highest BCUT2D eigenvalue weighted by Crippen LogP contribution is 2.23. The van der Waals surface area contributed by atoms with Crippen LogP contribution in [0, 0.1) is 9.49 Å². The van der Waals surface area contributed by atoms with E-state index in [9.17, 15) is 4.79 Å². The fraction of sp³-hybridized carbons (Fsp3) is 0.462. The van der Waals surface area contributed by atoms with E-state index < -0.39 is 0 Å². The molecule has 1 atom stereocenters. The van der Waals surface area contributed by atoms with Crippen LogP contribution in [-0.2, 0) is 0 Å². The lowest BCUT2D eigenvalue weighted by Gasteiger charge is -2.31. The van der Waals surface area contributed by atoms with E-state index in [0.29, 0.717) is 5.92 Å². The van der Waals surface area contributed by atoms with Gasteiger partial charge in [0.05, 0.1) is 5.56 Å². The third-order valence-electron chi connectivity index (χ3n) is 3.10. The first-order valence-corrected chi connectivity index (χ1v) is 7.69. The molecule has 92 valence electrons. The Hall–Kier alpha value is -0.100. The first-order valence-electron chi connectivity index (χ1n) is 5.82. The number of hydrogen-bond donors (Lipinski definition) is 0. The lowest BCUT2D eigenvalue weighted by atomic mass is 9.99. The van der Waals surface area contributed by atoms with Crippen LogP contribution in [0.2, 0.25) is 0 Å². The first-order chi connectivity index (χ1) is 8.08. The molecule has 1 aliphatic heterocycles. The molecule has 0 aliphatic carbocycles. The summed E-state index contributed by atoms with van der Waals surface area (Å²) in [6.07, 6.45) is 2.36. The van der Waals surface area contributed by atoms with Gasteiger partial charge in [-0.25, -0.2) is 0 Å². The summed E-state index contributed by atoms with van der Waals surface area (Å²) in [5.74, 6) is 0.791. The molecule has 1 amide bonds. The monoisotopic (exact) mass is 407 g/mol. The van der Waals surface area contributed by atoms with Crippen LogP contribution in [0.15, 0.2) is 22.7 Å². The highest BCUT2D eigenvalue weighted by Gasteiger charge is 2.23. The number of nitrogens with zero attached hydrogens (tertiary/aromatic N) is 1. The van der Waals surface area contributed by atoms with Crippen molar-refractivity contribution in [2.45, 2.75) is 19.8 Å². The lowest BCUT2D eigenvalue weighted by molar-refractivity contribution is 0.0682. The standard InChI is InChI=1S/C13H15BrINO/c1-9-3-2-6-16(8-9)13(17)11-7-10(14)4-5-12(11)15/h4-5,7,9H,2-3,6,8H2,1H3. The molecule has 2 rings (SSSR count). The van der Waals surface area contributed by atoms with Gasteiger partial charge in [-0.05, 0) is 59.5 Å². The average Bonchev–Trinajstić information content (AvgIpc) is 2.31. The van der Waals surface area contributed by atoms with Crippen molar-refractivity contribution >= 4 is 44.4 Å². The third kappa shape index (κ3) is 3.22. The van der Waals surface area contributed by atoms with Crippen molar-refractivity contribution in [1.29, 1.82) is 0 Å². The van der Waals surface area contributed by atoms with Gasteiger partial charge in [0.25, 0.3) is 5.91 Å². The molecule has 1 heterocycles. The van der Waals surface area contributed by atoms with Gasteiger partial charge in [-0.3, -0.25) is 4.79 Å². The van der Waals surface area contributed by atoms with Crippen LogP contribution >= 0.6 is 38.5 Å². The van der Waals surface area contributed by atoms with E-state index in [1.165, 1.54) is 6.42 Å². The normalized spacial score (nSPS) is 20.4. The number of likely N-dealkylation sites (tertiary alicyclic amines) is 1. The molecule has 1 fully saturated rings. The van der Waals surface area contributed by atoms with Gasteiger partial charge in [-0.1, -0.05) is 22.9 Å². The van der Waals surface area contributed by atoms with E-state index in [1.54, 1.807) is 0 Å². The van der Waals surface area contributed by atoms with Gasteiger partial charge < -0.3 is 4.90 Å². The SMILES string of the molecule is CC1CCCN(C(=O)c2cc(Br)ccc2I)C1. The zero-order valence-corrected chi connectivity index (χ0v) is 13.5. The minimum atomic E-state index is 0.169. The maximum absolute atomic E-state index is 12.4. The van der Waals surface area contributed by atoms with Crippen molar-refractivity contribution in [2.24, 2.45) is 5.92 Å². The number of hydrogen-bond acceptors (Lipinski definition) is 1. The second-order valence-electron chi connectivity index (χ2n) is 4.62. The topological polar surface area (TPSA) is 20.3 Å². The van der Waals surface area contributed by atoms with Crippen LogP contribution in [0.5, 0.6) is 0 Å². The maximum Gasteiger partial charge on any atom is 0.254 e. The van der Waals surface area contributed by atoms with Crippen molar-refractivity contribution in [3.05, 3.63) is 31.8 Å². The zero-order valence-electron chi connectivity index (χ0n) is 9.75. The van der Waals surface area contributed by atoms with Gasteiger partial charge in [0.1, 0.15) is 0 Å². The average molecular weight is 408 g/mol. The van der Waals surface area contributed by atoms with Gasteiger partial charge >= 0.3 is 0 Å². The summed E-state index contributed by atoms with van der Waals surface area (Å²) < 4.78 is 1.99. The first kappa shape index (κ1) is 13.3. The van der Waals surface area contributed by atoms with Crippen molar-refractivity contribution in [3.63, 3.8) is 0 Å². The van der Waals surface area contributed by atoms with E-state index >= 15 is 0 Å². The highest BCUT2D eigenvalue weighted by molar-refractivity contribution is 14.1. The molecule has 0 bridgehead atoms. The van der Waals surface area contributed by atoms with Crippen molar-refractivity contribution in [1.82, 2.24) is 4.90 Å². The summed E-state index contributed by atoms with van der Waals surface area (Å²) >= 11 is 5.65. The summed E-state index contributed by atoms with van der Waals surface area (Å²) in [7, 11) is 0. The Balaban J connectivity index is 2.21. The molecule has 1 aromatic rings. The zero-order chi connectivity index (χ0) is 12.4. The molecule has 1 aliphatic rings. The Morgan fingerprint density at radius 3 is 3.00 bits per heavy atom. The van der Waals surface area contributed by atoms with E-state index in [2.05, 4.69) is 45.4 Å². The second-order valence-corrected chi connectivity index (χ2v) is 6.70. The fourth-order valence-electron chi connectivity index (χ4n) is 2.21. The van der Waals surface area contributed by atoms with E-state index in [4.69, 9.17) is 0 Å². The molecule has 17 heavy (non-hydrogen) atoms. The smallest absolute Gasteiger partial charge is 0.254 e. The van der Waals surface area contributed by atoms with E-state index in [-0.39, 0.29) is 5.91 Å². The van der Waals surface area contributed by atoms with Gasteiger partial charge in [0.15, 0.2) is 0 Å². The number of piperidine rings is 1. The van der Waals surface area contributed by atoms with Gasteiger partial charge in [0.2, 0.25) is 0 Å². The van der Waals surface area contributed by atoms with Gasteiger partial charge in [0, 0.05) is 21.1 Å². The molecule has 0 aromatic heterocycles. The van der Waals surface area contributed by atoms with Crippen molar-refractivity contribution in [3.8, 4) is 0 Å². The Morgan fingerprint density at radius 1 is 1.53 bits per heavy atom.